The Bertz CT molecular complexity index is 1990. The number of hydrogen-bond donors (Lipinski definition) is 5. The average Bonchev–Trinajstić information content (AvgIpc) is 3.18. The quantitative estimate of drug-likeness (QED) is 0.0749. The Hall–Kier alpha value is -7.55. The Kier molecular flexibility index (Phi) is 12.5. The molecule has 55 heavy (non-hydrogen) atoms. The summed E-state index contributed by atoms with van der Waals surface area (Å²) in [6, 6.07) is 24.4. The zero-order chi connectivity index (χ0) is 39.5. The molecule has 5 N–H and O–H groups in total. The summed E-state index contributed by atoms with van der Waals surface area (Å²) >= 11 is 0. The summed E-state index contributed by atoms with van der Waals surface area (Å²) in [6.45, 7) is -1.70. The van der Waals surface area contributed by atoms with Crippen molar-refractivity contribution in [3.63, 3.8) is 0 Å². The van der Waals surface area contributed by atoms with Crippen LogP contribution in [-0.2, 0) is 23.7 Å². The second-order valence-corrected chi connectivity index (χ2v) is 11.7. The first kappa shape index (κ1) is 38.7. The summed E-state index contributed by atoms with van der Waals surface area (Å²) in [6.07, 6.45) is -5.54. The van der Waals surface area contributed by atoms with Crippen molar-refractivity contribution in [1.29, 1.82) is 0 Å². The lowest BCUT2D eigenvalue weighted by Crippen LogP contribution is -2.50. The average molecular weight is 753 g/mol. The Morgan fingerprint density at radius 2 is 0.564 bits per heavy atom. The topological polar surface area (TPSA) is 233 Å². The van der Waals surface area contributed by atoms with Gasteiger partial charge in [0.2, 0.25) is 0 Å². The van der Waals surface area contributed by atoms with Gasteiger partial charge in [-0.05, 0) is 121 Å². The molecule has 5 aromatic carbocycles. The molecule has 15 nitrogen and oxygen atoms in total. The van der Waals surface area contributed by atoms with E-state index in [1.165, 1.54) is 121 Å². The molecule has 5 rings (SSSR count). The highest BCUT2D eigenvalue weighted by atomic mass is 16.6. The first-order valence-corrected chi connectivity index (χ1v) is 16.3. The van der Waals surface area contributed by atoms with E-state index in [9.17, 15) is 49.5 Å². The molecule has 3 atom stereocenters. The van der Waals surface area contributed by atoms with Crippen LogP contribution in [0.3, 0.4) is 0 Å². The van der Waals surface area contributed by atoms with Crippen molar-refractivity contribution in [1.82, 2.24) is 0 Å². The second-order valence-electron chi connectivity index (χ2n) is 11.7. The second kappa shape index (κ2) is 17.8. The predicted molar refractivity (Wildman–Crippen MR) is 189 cm³/mol. The number of carbonyl (C=O) groups is 5. The molecule has 0 amide bonds. The zero-order valence-electron chi connectivity index (χ0n) is 28.5. The maximum atomic E-state index is 13.6. The lowest BCUT2D eigenvalue weighted by molar-refractivity contribution is -0.112. The van der Waals surface area contributed by atoms with Crippen LogP contribution in [0.1, 0.15) is 51.8 Å². The van der Waals surface area contributed by atoms with Crippen LogP contribution in [0.25, 0.3) is 0 Å². The minimum atomic E-state index is -1.91. The van der Waals surface area contributed by atoms with E-state index < -0.39 is 61.4 Å². The maximum Gasteiger partial charge on any atom is 0.338 e. The third-order valence-electron chi connectivity index (χ3n) is 7.77. The summed E-state index contributed by atoms with van der Waals surface area (Å²) in [4.78, 5) is 66.9. The van der Waals surface area contributed by atoms with Gasteiger partial charge >= 0.3 is 29.8 Å². The molecule has 15 heteroatoms. The third kappa shape index (κ3) is 10.7. The molecule has 0 aromatic heterocycles. The van der Waals surface area contributed by atoms with E-state index in [2.05, 4.69) is 0 Å². The molecule has 0 saturated carbocycles. The normalized spacial score (nSPS) is 12.3. The van der Waals surface area contributed by atoms with Gasteiger partial charge in [-0.2, -0.15) is 0 Å². The predicted octanol–water partition coefficient (Wildman–Crippen LogP) is 4.91. The summed E-state index contributed by atoms with van der Waals surface area (Å²) in [5.74, 6) is -5.98. The fourth-order valence-electron chi connectivity index (χ4n) is 4.86. The largest absolute Gasteiger partial charge is 0.508 e. The molecule has 0 aliphatic carbocycles. The first-order chi connectivity index (χ1) is 26.4. The van der Waals surface area contributed by atoms with Crippen LogP contribution in [0, 0.1) is 0 Å². The number of benzene rings is 5. The number of ether oxygens (including phenoxy) is 5. The lowest BCUT2D eigenvalue weighted by atomic mass is 10.1. The lowest BCUT2D eigenvalue weighted by Gasteiger charge is -2.32. The summed E-state index contributed by atoms with van der Waals surface area (Å²) in [5, 5.41) is 48.6. The standard InChI is InChI=1S/C40H32O15/c41-28-11-1-23(2-12-28)36(46)51-21-33(53-38(48)25-5-15-30(43)16-6-25)35(55-40(50)27-9-19-32(45)20-10-27)34(54-39(49)26-7-17-31(44)18-8-26)22-52-37(47)24-3-13-29(42)14-4-24/h1-20,33-35,41-45H,21-22H2/t33-,34+,35?. The van der Waals surface area contributed by atoms with Crippen LogP contribution in [0.2, 0.25) is 0 Å². The highest BCUT2D eigenvalue weighted by Crippen LogP contribution is 2.23. The Balaban J connectivity index is 1.56. The highest BCUT2D eigenvalue weighted by molar-refractivity contribution is 5.92. The van der Waals surface area contributed by atoms with Gasteiger partial charge in [0, 0.05) is 0 Å². The molecular weight excluding hydrogens is 720 g/mol. The Morgan fingerprint density at radius 3 is 0.818 bits per heavy atom. The van der Waals surface area contributed by atoms with Gasteiger partial charge in [0.1, 0.15) is 42.0 Å². The maximum absolute atomic E-state index is 13.6. The van der Waals surface area contributed by atoms with Gasteiger partial charge in [0.05, 0.1) is 27.8 Å². The molecule has 5 aromatic rings. The molecule has 282 valence electrons. The Morgan fingerprint density at radius 1 is 0.345 bits per heavy atom. The number of hydrogen-bond acceptors (Lipinski definition) is 15. The van der Waals surface area contributed by atoms with Crippen LogP contribution in [0.15, 0.2) is 121 Å². The van der Waals surface area contributed by atoms with Crippen molar-refractivity contribution in [2.24, 2.45) is 0 Å². The number of carbonyl (C=O) groups excluding carboxylic acids is 5. The van der Waals surface area contributed by atoms with E-state index in [0.717, 1.165) is 0 Å². The van der Waals surface area contributed by atoms with E-state index in [1.54, 1.807) is 0 Å². The fourth-order valence-corrected chi connectivity index (χ4v) is 4.86. The van der Waals surface area contributed by atoms with Crippen molar-refractivity contribution in [3.05, 3.63) is 149 Å². The van der Waals surface area contributed by atoms with E-state index >= 15 is 0 Å². The SMILES string of the molecule is O=C(OC[C@H](OC(=O)c1ccc(O)cc1)C(OC(=O)c1ccc(O)cc1)[C@@H](COC(=O)c1ccc(O)cc1)OC(=O)c1ccc(O)cc1)c1ccc(O)cc1. The zero-order valence-corrected chi connectivity index (χ0v) is 28.5. The molecule has 0 fully saturated rings. The molecule has 0 radical (unpaired) electrons. The van der Waals surface area contributed by atoms with Gasteiger partial charge in [0.15, 0.2) is 18.3 Å². The van der Waals surface area contributed by atoms with Crippen LogP contribution in [0.5, 0.6) is 28.7 Å². The number of esters is 5. The molecule has 0 heterocycles. The first-order valence-electron chi connectivity index (χ1n) is 16.3. The van der Waals surface area contributed by atoms with E-state index in [0.29, 0.717) is 0 Å². The van der Waals surface area contributed by atoms with Gasteiger partial charge in [-0.15, -0.1) is 0 Å². The molecule has 0 spiro atoms. The van der Waals surface area contributed by atoms with Crippen LogP contribution in [0.4, 0.5) is 0 Å². The van der Waals surface area contributed by atoms with Crippen molar-refractivity contribution >= 4 is 29.8 Å². The monoisotopic (exact) mass is 752 g/mol. The molecule has 0 saturated heterocycles. The minimum Gasteiger partial charge on any atom is -0.508 e. The van der Waals surface area contributed by atoms with Crippen LogP contribution >= 0.6 is 0 Å². The van der Waals surface area contributed by atoms with Gasteiger partial charge in [0.25, 0.3) is 0 Å². The van der Waals surface area contributed by atoms with E-state index in [1.807, 2.05) is 0 Å². The van der Waals surface area contributed by atoms with Gasteiger partial charge in [-0.25, -0.2) is 24.0 Å². The summed E-state index contributed by atoms with van der Waals surface area (Å²) < 4.78 is 28.2. The van der Waals surface area contributed by atoms with E-state index in [-0.39, 0.29) is 56.6 Å². The number of phenols is 5. The van der Waals surface area contributed by atoms with Crippen molar-refractivity contribution in [2.75, 3.05) is 13.2 Å². The van der Waals surface area contributed by atoms with E-state index in [4.69, 9.17) is 23.7 Å². The Labute approximate surface area is 312 Å². The smallest absolute Gasteiger partial charge is 0.338 e. The summed E-state index contributed by atoms with van der Waals surface area (Å²) in [7, 11) is 0. The highest BCUT2D eigenvalue weighted by Gasteiger charge is 2.41. The van der Waals surface area contributed by atoms with Crippen molar-refractivity contribution < 1.29 is 73.2 Å². The molecule has 0 bridgehead atoms. The fraction of sp³-hybridized carbons (Fsp3) is 0.125. The van der Waals surface area contributed by atoms with Gasteiger partial charge in [-0.3, -0.25) is 0 Å². The number of aromatic hydroxyl groups is 5. The van der Waals surface area contributed by atoms with Gasteiger partial charge in [-0.1, -0.05) is 0 Å². The molecule has 0 aliphatic rings. The molecule has 1 unspecified atom stereocenters. The van der Waals surface area contributed by atoms with Crippen LogP contribution in [-0.4, -0.2) is 86.9 Å². The third-order valence-corrected chi connectivity index (χ3v) is 7.77. The minimum absolute atomic E-state index is 0.0304. The summed E-state index contributed by atoms with van der Waals surface area (Å²) in [5.41, 5.74) is -0.396. The molecular formula is C40H32O15. The number of rotatable bonds is 14. The van der Waals surface area contributed by atoms with Crippen LogP contribution < -0.4 is 0 Å². The van der Waals surface area contributed by atoms with Crippen molar-refractivity contribution in [3.8, 4) is 28.7 Å². The van der Waals surface area contributed by atoms with Gasteiger partial charge < -0.3 is 49.2 Å². The van der Waals surface area contributed by atoms with Crippen molar-refractivity contribution in [2.45, 2.75) is 18.3 Å². The molecule has 0 aliphatic heterocycles. The number of phenolic OH excluding ortho intramolecular Hbond substituents is 5.